The lowest BCUT2D eigenvalue weighted by atomic mass is 9.98. The number of pyridine rings is 1. The Bertz CT molecular complexity index is 612. The van der Waals surface area contributed by atoms with Crippen LogP contribution in [0.4, 0.5) is 0 Å². The van der Waals surface area contributed by atoms with Gasteiger partial charge < -0.3 is 5.11 Å². The minimum absolute atomic E-state index is 0.152. The van der Waals surface area contributed by atoms with Crippen LogP contribution in [0.15, 0.2) is 12.4 Å². The summed E-state index contributed by atoms with van der Waals surface area (Å²) in [6.07, 6.45) is 3.21. The second kappa shape index (κ2) is 4.87. The molecule has 0 bridgehead atoms. The van der Waals surface area contributed by atoms with Gasteiger partial charge in [0.05, 0.1) is 5.56 Å². The van der Waals surface area contributed by atoms with E-state index in [-0.39, 0.29) is 18.7 Å². The molecule has 0 unspecified atom stereocenters. The van der Waals surface area contributed by atoms with E-state index in [1.165, 1.54) is 30.8 Å². The molecule has 2 rings (SSSR count). The lowest BCUT2D eigenvalue weighted by molar-refractivity contribution is 0.0694. The molecule has 104 valence electrons. The molecule has 0 saturated heterocycles. The predicted octanol–water partition coefficient (Wildman–Crippen LogP) is -0.0557. The summed E-state index contributed by atoms with van der Waals surface area (Å²) in [6, 6.07) is 0. The van der Waals surface area contributed by atoms with Gasteiger partial charge in [-0.3, -0.25) is 4.98 Å². The average molecular weight is 285 g/mol. The van der Waals surface area contributed by atoms with Crippen molar-refractivity contribution < 1.29 is 18.3 Å². The number of carboxylic acids is 1. The van der Waals surface area contributed by atoms with Crippen molar-refractivity contribution in [2.24, 2.45) is 0 Å². The predicted molar refractivity (Wildman–Crippen MR) is 67.9 cm³/mol. The summed E-state index contributed by atoms with van der Waals surface area (Å²) < 4.78 is 26.5. The number of hydrogen-bond acceptors (Lipinski definition) is 4. The highest BCUT2D eigenvalue weighted by atomic mass is 32.2. The Kier molecular flexibility index (Phi) is 3.57. The molecule has 1 aromatic rings. The fourth-order valence-corrected chi connectivity index (χ4v) is 3.17. The lowest BCUT2D eigenvalue weighted by Gasteiger charge is -2.30. The number of fused-ring (bicyclic) bond motifs is 1. The van der Waals surface area contributed by atoms with Gasteiger partial charge in [-0.2, -0.15) is 17.0 Å². The number of carbonyl (C=O) groups is 1. The van der Waals surface area contributed by atoms with Gasteiger partial charge in [-0.15, -0.1) is 0 Å². The molecule has 0 aliphatic carbocycles. The zero-order chi connectivity index (χ0) is 14.2. The van der Waals surface area contributed by atoms with E-state index in [4.69, 9.17) is 5.11 Å². The van der Waals surface area contributed by atoms with E-state index >= 15 is 0 Å². The molecule has 0 fully saturated rings. The molecule has 0 saturated carbocycles. The Morgan fingerprint density at radius 2 is 2.11 bits per heavy atom. The molecule has 0 atom stereocenters. The van der Waals surface area contributed by atoms with Crippen molar-refractivity contribution in [2.75, 3.05) is 20.6 Å². The first-order chi connectivity index (χ1) is 8.84. The number of aromatic nitrogens is 1. The van der Waals surface area contributed by atoms with Gasteiger partial charge >= 0.3 is 5.97 Å². The molecule has 2 heterocycles. The summed E-state index contributed by atoms with van der Waals surface area (Å²) in [7, 11) is -0.546. The van der Waals surface area contributed by atoms with Crippen molar-refractivity contribution in [3.8, 4) is 0 Å². The van der Waals surface area contributed by atoms with E-state index in [0.29, 0.717) is 17.5 Å². The molecule has 1 aliphatic rings. The number of aromatic carboxylic acids is 1. The molecular weight excluding hydrogens is 270 g/mol. The molecule has 8 heteroatoms. The summed E-state index contributed by atoms with van der Waals surface area (Å²) in [6.45, 7) is 0.432. The zero-order valence-electron chi connectivity index (χ0n) is 10.7. The molecule has 0 aromatic carbocycles. The maximum absolute atomic E-state index is 12.0. The highest BCUT2D eigenvalue weighted by Gasteiger charge is 2.30. The summed E-state index contributed by atoms with van der Waals surface area (Å²) in [5.74, 6) is -1.03. The molecular formula is C11H15N3O4S. The summed E-state index contributed by atoms with van der Waals surface area (Å²) >= 11 is 0. The fraction of sp³-hybridized carbons (Fsp3) is 0.455. The van der Waals surface area contributed by atoms with E-state index in [9.17, 15) is 13.2 Å². The van der Waals surface area contributed by atoms with Crippen LogP contribution < -0.4 is 0 Å². The largest absolute Gasteiger partial charge is 0.478 e. The molecule has 1 aromatic heterocycles. The smallest absolute Gasteiger partial charge is 0.337 e. The van der Waals surface area contributed by atoms with Gasteiger partial charge in [-0.1, -0.05) is 0 Å². The van der Waals surface area contributed by atoms with Crippen LogP contribution in [0.25, 0.3) is 0 Å². The molecule has 0 spiro atoms. The summed E-state index contributed by atoms with van der Waals surface area (Å²) in [5, 5.41) is 9.07. The van der Waals surface area contributed by atoms with Gasteiger partial charge in [0.15, 0.2) is 0 Å². The van der Waals surface area contributed by atoms with E-state index in [2.05, 4.69) is 4.98 Å². The average Bonchev–Trinajstić information content (AvgIpc) is 2.36. The van der Waals surface area contributed by atoms with Crippen molar-refractivity contribution in [1.29, 1.82) is 0 Å². The van der Waals surface area contributed by atoms with E-state index < -0.39 is 16.2 Å². The van der Waals surface area contributed by atoms with Gasteiger partial charge in [0.2, 0.25) is 0 Å². The van der Waals surface area contributed by atoms with Crippen LogP contribution in [0.1, 0.15) is 21.5 Å². The maximum atomic E-state index is 12.0. The van der Waals surface area contributed by atoms with E-state index in [1.54, 1.807) is 0 Å². The van der Waals surface area contributed by atoms with Crippen LogP contribution in [0.2, 0.25) is 0 Å². The van der Waals surface area contributed by atoms with Crippen molar-refractivity contribution >= 4 is 16.2 Å². The van der Waals surface area contributed by atoms with Crippen LogP contribution >= 0.6 is 0 Å². The molecule has 7 nitrogen and oxygen atoms in total. The van der Waals surface area contributed by atoms with Crippen LogP contribution in [-0.2, 0) is 23.2 Å². The molecule has 0 amide bonds. The fourth-order valence-electron chi connectivity index (χ4n) is 2.08. The topological polar surface area (TPSA) is 90.8 Å². The van der Waals surface area contributed by atoms with Gasteiger partial charge in [-0.25, -0.2) is 4.79 Å². The third kappa shape index (κ3) is 2.46. The normalized spacial score (nSPS) is 16.4. The molecule has 0 radical (unpaired) electrons. The van der Waals surface area contributed by atoms with Crippen LogP contribution in [0.5, 0.6) is 0 Å². The monoisotopic (exact) mass is 285 g/mol. The first kappa shape index (κ1) is 13.9. The Balaban J connectivity index is 2.37. The first-order valence-corrected chi connectivity index (χ1v) is 7.10. The van der Waals surface area contributed by atoms with Gasteiger partial charge in [0, 0.05) is 39.6 Å². The van der Waals surface area contributed by atoms with Crippen LogP contribution in [0, 0.1) is 0 Å². The lowest BCUT2D eigenvalue weighted by Crippen LogP contribution is -2.43. The van der Waals surface area contributed by atoms with Crippen molar-refractivity contribution in [3.63, 3.8) is 0 Å². The zero-order valence-corrected chi connectivity index (χ0v) is 11.5. The minimum Gasteiger partial charge on any atom is -0.478 e. The number of rotatable bonds is 3. The standard InChI is InChI=1S/C11H15N3O4S/c1-13(2)19(17,18)14-4-3-9-8(7-14)5-12-6-10(9)11(15)16/h5-6H,3-4,7H2,1-2H3,(H,15,16). The molecule has 1 aliphatic heterocycles. The molecule has 19 heavy (non-hydrogen) atoms. The second-order valence-electron chi connectivity index (χ2n) is 4.50. The van der Waals surface area contributed by atoms with Crippen molar-refractivity contribution in [1.82, 2.24) is 13.6 Å². The quantitative estimate of drug-likeness (QED) is 0.840. The molecule has 1 N–H and O–H groups in total. The van der Waals surface area contributed by atoms with Gasteiger partial charge in [0.1, 0.15) is 0 Å². The SMILES string of the molecule is CN(C)S(=O)(=O)N1CCc2c(cncc2C(=O)O)C1. The van der Waals surface area contributed by atoms with E-state index in [1.807, 2.05) is 0 Å². The third-order valence-electron chi connectivity index (χ3n) is 3.12. The Morgan fingerprint density at radius 1 is 1.42 bits per heavy atom. The van der Waals surface area contributed by atoms with E-state index in [0.717, 1.165) is 4.31 Å². The van der Waals surface area contributed by atoms with Crippen molar-refractivity contribution in [2.45, 2.75) is 13.0 Å². The second-order valence-corrected chi connectivity index (χ2v) is 6.65. The summed E-state index contributed by atoms with van der Waals surface area (Å²) in [5.41, 5.74) is 1.48. The number of hydrogen-bond donors (Lipinski definition) is 1. The first-order valence-electron chi connectivity index (χ1n) is 5.70. The third-order valence-corrected chi connectivity index (χ3v) is 5.01. The van der Waals surface area contributed by atoms with Gasteiger partial charge in [0.25, 0.3) is 10.2 Å². The van der Waals surface area contributed by atoms with Gasteiger partial charge in [-0.05, 0) is 17.5 Å². The Morgan fingerprint density at radius 3 is 2.68 bits per heavy atom. The minimum atomic E-state index is -3.48. The maximum Gasteiger partial charge on any atom is 0.337 e. The highest BCUT2D eigenvalue weighted by Crippen LogP contribution is 2.24. The number of nitrogens with zero attached hydrogens (tertiary/aromatic N) is 3. The van der Waals surface area contributed by atoms with Crippen molar-refractivity contribution in [3.05, 3.63) is 29.1 Å². The number of carboxylic acid groups (broad SMARTS) is 1. The Labute approximate surface area is 111 Å². The summed E-state index contributed by atoms with van der Waals surface area (Å²) in [4.78, 5) is 14.9. The Hall–Kier alpha value is -1.51. The van der Waals surface area contributed by atoms with Crippen LogP contribution in [-0.4, -0.2) is 53.7 Å². The highest BCUT2D eigenvalue weighted by molar-refractivity contribution is 7.86. The van der Waals surface area contributed by atoms with Crippen LogP contribution in [0.3, 0.4) is 0 Å².